The second kappa shape index (κ2) is 6.14. The molecule has 0 aliphatic heterocycles. The molecule has 1 aromatic heterocycles. The van der Waals surface area contributed by atoms with Crippen molar-refractivity contribution in [3.05, 3.63) is 64.8 Å². The van der Waals surface area contributed by atoms with Crippen LogP contribution >= 0.6 is 15.9 Å². The van der Waals surface area contributed by atoms with Gasteiger partial charge in [-0.25, -0.2) is 0 Å². The van der Waals surface area contributed by atoms with Crippen LogP contribution in [0.15, 0.2) is 63.5 Å². The molecule has 0 amide bonds. The van der Waals surface area contributed by atoms with Crippen molar-refractivity contribution in [2.45, 2.75) is 6.42 Å². The summed E-state index contributed by atoms with van der Waals surface area (Å²) in [5.74, 6) is 0.431. The Balaban J connectivity index is 1.61. The van der Waals surface area contributed by atoms with E-state index >= 15 is 0 Å². The third kappa shape index (κ3) is 3.34. The topological polar surface area (TPSA) is 42.2 Å². The first kappa shape index (κ1) is 13.9. The van der Waals surface area contributed by atoms with Crippen molar-refractivity contribution in [2.24, 2.45) is 0 Å². The Labute approximate surface area is 131 Å². The van der Waals surface area contributed by atoms with Crippen molar-refractivity contribution in [3.8, 4) is 0 Å². The van der Waals surface area contributed by atoms with Gasteiger partial charge in [-0.1, -0.05) is 40.2 Å². The number of benzene rings is 2. The zero-order valence-electron chi connectivity index (χ0n) is 11.3. The van der Waals surface area contributed by atoms with E-state index in [1.807, 2.05) is 48.5 Å². The third-order valence-electron chi connectivity index (χ3n) is 3.21. The number of para-hydroxylation sites is 1. The number of carbonyl (C=O) groups excluding carboxylic acids is 1. The average Bonchev–Trinajstić information content (AvgIpc) is 2.91. The smallest absolute Gasteiger partial charge is 0.199 e. The maximum absolute atomic E-state index is 12.1. The predicted octanol–water partition coefficient (Wildman–Crippen LogP) is 4.88. The summed E-state index contributed by atoms with van der Waals surface area (Å²) in [6.45, 7) is 0.576. The van der Waals surface area contributed by atoms with E-state index in [0.29, 0.717) is 18.7 Å². The molecule has 3 nitrogen and oxygen atoms in total. The molecule has 1 N–H and O–H groups in total. The maximum atomic E-state index is 12.1. The van der Waals surface area contributed by atoms with Gasteiger partial charge in [-0.05, 0) is 30.3 Å². The van der Waals surface area contributed by atoms with Crippen molar-refractivity contribution in [1.82, 2.24) is 0 Å². The van der Waals surface area contributed by atoms with Crippen LogP contribution < -0.4 is 5.32 Å². The molecule has 0 saturated carbocycles. The molecule has 3 rings (SSSR count). The second-order valence-corrected chi connectivity index (χ2v) is 5.67. The number of anilines is 1. The number of rotatable bonds is 5. The Morgan fingerprint density at radius 2 is 1.95 bits per heavy atom. The predicted molar refractivity (Wildman–Crippen MR) is 87.8 cm³/mol. The van der Waals surface area contributed by atoms with Crippen molar-refractivity contribution in [1.29, 1.82) is 0 Å². The molecule has 0 aliphatic rings. The minimum absolute atomic E-state index is 0.00805. The van der Waals surface area contributed by atoms with Gasteiger partial charge in [-0.15, -0.1) is 0 Å². The molecular formula is C17H14BrNO2. The van der Waals surface area contributed by atoms with Crippen LogP contribution in [0.25, 0.3) is 11.0 Å². The Bertz CT molecular complexity index is 746. The third-order valence-corrected chi connectivity index (χ3v) is 3.70. The van der Waals surface area contributed by atoms with E-state index in [1.54, 1.807) is 6.07 Å². The van der Waals surface area contributed by atoms with Gasteiger partial charge in [0.25, 0.3) is 0 Å². The molecule has 0 unspecified atom stereocenters. The molecule has 3 aromatic rings. The van der Waals surface area contributed by atoms with Gasteiger partial charge < -0.3 is 9.73 Å². The van der Waals surface area contributed by atoms with Gasteiger partial charge >= 0.3 is 0 Å². The summed E-state index contributed by atoms with van der Waals surface area (Å²) in [5, 5.41) is 4.19. The van der Waals surface area contributed by atoms with Crippen molar-refractivity contribution in [2.75, 3.05) is 11.9 Å². The Morgan fingerprint density at radius 3 is 2.76 bits per heavy atom. The Hall–Kier alpha value is -2.07. The molecule has 0 fully saturated rings. The van der Waals surface area contributed by atoms with Crippen LogP contribution in [0.5, 0.6) is 0 Å². The SMILES string of the molecule is O=C(CCNc1cccc(Br)c1)c1cc2ccccc2o1. The molecule has 2 aromatic carbocycles. The second-order valence-electron chi connectivity index (χ2n) is 4.76. The number of hydrogen-bond acceptors (Lipinski definition) is 3. The van der Waals surface area contributed by atoms with E-state index < -0.39 is 0 Å². The van der Waals surface area contributed by atoms with Gasteiger partial charge in [0.2, 0.25) is 0 Å². The zero-order valence-corrected chi connectivity index (χ0v) is 12.9. The highest BCUT2D eigenvalue weighted by molar-refractivity contribution is 9.10. The molecule has 1 heterocycles. The number of Topliss-reactive ketones (excluding diaryl/α,β-unsaturated/α-hetero) is 1. The summed E-state index contributed by atoms with van der Waals surface area (Å²) in [6, 6.07) is 17.3. The lowest BCUT2D eigenvalue weighted by Gasteiger charge is -2.05. The van der Waals surface area contributed by atoms with Gasteiger partial charge in [0.15, 0.2) is 11.5 Å². The molecule has 106 valence electrons. The van der Waals surface area contributed by atoms with Crippen LogP contribution in [0, 0.1) is 0 Å². The van der Waals surface area contributed by atoms with E-state index in [4.69, 9.17) is 4.42 Å². The standard InChI is InChI=1S/C17H14BrNO2/c18-13-5-3-6-14(11-13)19-9-8-15(20)17-10-12-4-1-2-7-16(12)21-17/h1-7,10-11,19H,8-9H2. The Morgan fingerprint density at radius 1 is 1.10 bits per heavy atom. The summed E-state index contributed by atoms with van der Waals surface area (Å²) < 4.78 is 6.58. The summed E-state index contributed by atoms with van der Waals surface area (Å²) >= 11 is 3.42. The van der Waals surface area contributed by atoms with E-state index in [1.165, 1.54) is 0 Å². The van der Waals surface area contributed by atoms with Crippen LogP contribution in [0.4, 0.5) is 5.69 Å². The highest BCUT2D eigenvalue weighted by Gasteiger charge is 2.11. The highest BCUT2D eigenvalue weighted by atomic mass is 79.9. The summed E-state index contributed by atoms with van der Waals surface area (Å²) in [7, 11) is 0. The van der Waals surface area contributed by atoms with Crippen molar-refractivity contribution in [3.63, 3.8) is 0 Å². The van der Waals surface area contributed by atoms with Gasteiger partial charge in [0.05, 0.1) is 0 Å². The normalized spacial score (nSPS) is 10.7. The zero-order chi connectivity index (χ0) is 14.7. The molecule has 0 atom stereocenters. The van der Waals surface area contributed by atoms with Gasteiger partial charge in [-0.2, -0.15) is 0 Å². The molecule has 0 radical (unpaired) electrons. The van der Waals surface area contributed by atoms with E-state index in [0.717, 1.165) is 21.1 Å². The lowest BCUT2D eigenvalue weighted by molar-refractivity contribution is 0.0962. The fraction of sp³-hybridized carbons (Fsp3) is 0.118. The van der Waals surface area contributed by atoms with E-state index in [2.05, 4.69) is 21.2 Å². The van der Waals surface area contributed by atoms with Crippen LogP contribution in [-0.2, 0) is 0 Å². The summed E-state index contributed by atoms with van der Waals surface area (Å²) in [6.07, 6.45) is 0.395. The van der Waals surface area contributed by atoms with Crippen LogP contribution in [0.2, 0.25) is 0 Å². The van der Waals surface area contributed by atoms with Gasteiger partial charge in [-0.3, -0.25) is 4.79 Å². The molecule has 4 heteroatoms. The minimum atomic E-state index is 0.00805. The van der Waals surface area contributed by atoms with E-state index in [9.17, 15) is 4.79 Å². The molecule has 0 saturated heterocycles. The molecule has 0 aliphatic carbocycles. The van der Waals surface area contributed by atoms with Crippen molar-refractivity contribution < 1.29 is 9.21 Å². The van der Waals surface area contributed by atoms with Crippen LogP contribution in [0.1, 0.15) is 17.0 Å². The number of ketones is 1. The first-order valence-corrected chi connectivity index (χ1v) is 7.53. The number of halogens is 1. The number of hydrogen-bond donors (Lipinski definition) is 1. The van der Waals surface area contributed by atoms with Crippen LogP contribution in [-0.4, -0.2) is 12.3 Å². The molecular weight excluding hydrogens is 330 g/mol. The fourth-order valence-electron chi connectivity index (χ4n) is 2.16. The number of furan rings is 1. The monoisotopic (exact) mass is 343 g/mol. The molecule has 0 bridgehead atoms. The number of carbonyl (C=O) groups is 1. The Kier molecular flexibility index (Phi) is 4.06. The molecule has 21 heavy (non-hydrogen) atoms. The quantitative estimate of drug-likeness (QED) is 0.671. The van der Waals surface area contributed by atoms with Crippen LogP contribution in [0.3, 0.4) is 0 Å². The lowest BCUT2D eigenvalue weighted by atomic mass is 10.2. The highest BCUT2D eigenvalue weighted by Crippen LogP contribution is 2.20. The summed E-state index contributed by atoms with van der Waals surface area (Å²) in [4.78, 5) is 12.1. The van der Waals surface area contributed by atoms with Gasteiger partial charge in [0.1, 0.15) is 5.58 Å². The first-order valence-electron chi connectivity index (χ1n) is 6.73. The first-order chi connectivity index (χ1) is 10.2. The minimum Gasteiger partial charge on any atom is -0.453 e. The van der Waals surface area contributed by atoms with E-state index in [-0.39, 0.29) is 5.78 Å². The average molecular weight is 344 g/mol. The maximum Gasteiger partial charge on any atom is 0.199 e. The lowest BCUT2D eigenvalue weighted by Crippen LogP contribution is -2.08. The van der Waals surface area contributed by atoms with Gasteiger partial charge in [0, 0.05) is 28.5 Å². The number of nitrogens with one attached hydrogen (secondary N) is 1. The summed E-state index contributed by atoms with van der Waals surface area (Å²) in [5.41, 5.74) is 1.74. The largest absolute Gasteiger partial charge is 0.453 e. The number of fused-ring (bicyclic) bond motifs is 1. The van der Waals surface area contributed by atoms with Crippen molar-refractivity contribution >= 4 is 38.4 Å². The molecule has 0 spiro atoms. The fourth-order valence-corrected chi connectivity index (χ4v) is 2.56.